The standard InChI is InChI=1S/C21H20FN3O2S/c22-18-3-1-16(2-4-18)19-5-6-20(26)25(23-19)13-15-7-10-24(11-8-15)21(27)17-9-12-28-14-17/h1-6,9,12,14-15H,7-8,10-11,13H2. The second kappa shape index (κ2) is 8.06. The molecule has 0 aliphatic carbocycles. The maximum absolute atomic E-state index is 13.1. The SMILES string of the molecule is O=C(c1ccsc1)N1CCC(Cn2nc(-c3ccc(F)cc3)ccc2=O)CC1. The third kappa shape index (κ3) is 4.04. The number of hydrogen-bond acceptors (Lipinski definition) is 4. The van der Waals surface area contributed by atoms with Crippen molar-refractivity contribution in [2.75, 3.05) is 13.1 Å². The third-order valence-corrected chi connectivity index (χ3v) is 5.79. The molecule has 1 amide bonds. The molecule has 3 aromatic rings. The molecular formula is C21H20FN3O2S. The van der Waals surface area contributed by atoms with Crippen LogP contribution < -0.4 is 5.56 Å². The quantitative estimate of drug-likeness (QED) is 0.675. The minimum absolute atomic E-state index is 0.0771. The maximum Gasteiger partial charge on any atom is 0.266 e. The Morgan fingerprint density at radius 3 is 2.54 bits per heavy atom. The summed E-state index contributed by atoms with van der Waals surface area (Å²) in [4.78, 5) is 26.6. The molecule has 1 saturated heterocycles. The molecule has 3 heterocycles. The van der Waals surface area contributed by atoms with E-state index in [0.29, 0.717) is 31.2 Å². The molecule has 1 aliphatic heterocycles. The number of nitrogens with zero attached hydrogens (tertiary/aromatic N) is 3. The van der Waals surface area contributed by atoms with Crippen LogP contribution in [-0.4, -0.2) is 33.7 Å². The summed E-state index contributed by atoms with van der Waals surface area (Å²) >= 11 is 1.52. The number of carbonyl (C=O) groups is 1. The lowest BCUT2D eigenvalue weighted by atomic mass is 9.96. The van der Waals surface area contributed by atoms with Gasteiger partial charge in [0.2, 0.25) is 0 Å². The number of thiophene rings is 1. The van der Waals surface area contributed by atoms with Gasteiger partial charge in [0.15, 0.2) is 0 Å². The Labute approximate surface area is 166 Å². The van der Waals surface area contributed by atoms with Crippen LogP contribution in [0, 0.1) is 11.7 Å². The van der Waals surface area contributed by atoms with E-state index in [4.69, 9.17) is 0 Å². The predicted molar refractivity (Wildman–Crippen MR) is 107 cm³/mol. The molecule has 5 nitrogen and oxygen atoms in total. The van der Waals surface area contributed by atoms with Crippen molar-refractivity contribution >= 4 is 17.2 Å². The number of rotatable bonds is 4. The smallest absolute Gasteiger partial charge is 0.266 e. The van der Waals surface area contributed by atoms with Gasteiger partial charge in [-0.3, -0.25) is 9.59 Å². The second-order valence-electron chi connectivity index (χ2n) is 6.99. The highest BCUT2D eigenvalue weighted by molar-refractivity contribution is 7.08. The Balaban J connectivity index is 1.42. The molecule has 0 bridgehead atoms. The first kappa shape index (κ1) is 18.6. The van der Waals surface area contributed by atoms with Gasteiger partial charge in [-0.2, -0.15) is 16.4 Å². The summed E-state index contributed by atoms with van der Waals surface area (Å²) in [5, 5.41) is 8.25. The first-order valence-electron chi connectivity index (χ1n) is 9.26. The van der Waals surface area contributed by atoms with Gasteiger partial charge < -0.3 is 4.90 Å². The lowest BCUT2D eigenvalue weighted by Gasteiger charge is -2.32. The normalized spacial score (nSPS) is 15.0. The topological polar surface area (TPSA) is 55.2 Å². The van der Waals surface area contributed by atoms with E-state index in [1.54, 1.807) is 18.2 Å². The Hall–Kier alpha value is -2.80. The molecule has 0 unspecified atom stereocenters. The second-order valence-corrected chi connectivity index (χ2v) is 7.77. The molecular weight excluding hydrogens is 377 g/mol. The van der Waals surface area contributed by atoms with Gasteiger partial charge in [0.05, 0.1) is 11.3 Å². The number of carbonyl (C=O) groups excluding carboxylic acids is 1. The largest absolute Gasteiger partial charge is 0.339 e. The van der Waals surface area contributed by atoms with E-state index >= 15 is 0 Å². The third-order valence-electron chi connectivity index (χ3n) is 5.11. The average molecular weight is 397 g/mol. The average Bonchev–Trinajstić information content (AvgIpc) is 3.25. The van der Waals surface area contributed by atoms with E-state index in [9.17, 15) is 14.0 Å². The number of halogens is 1. The Bertz CT molecular complexity index is 1010. The highest BCUT2D eigenvalue weighted by Crippen LogP contribution is 2.22. The van der Waals surface area contributed by atoms with Crippen molar-refractivity contribution in [3.05, 3.63) is 75.0 Å². The number of hydrogen-bond donors (Lipinski definition) is 0. The first-order valence-corrected chi connectivity index (χ1v) is 10.2. The molecule has 0 spiro atoms. The molecule has 0 N–H and O–H groups in total. The number of amides is 1. The summed E-state index contributed by atoms with van der Waals surface area (Å²) in [5.41, 5.74) is 2.01. The van der Waals surface area contributed by atoms with E-state index in [1.807, 2.05) is 21.7 Å². The molecule has 144 valence electrons. The van der Waals surface area contributed by atoms with Gasteiger partial charge in [0.1, 0.15) is 5.82 Å². The minimum atomic E-state index is -0.305. The van der Waals surface area contributed by atoms with Crippen molar-refractivity contribution in [1.82, 2.24) is 14.7 Å². The van der Waals surface area contributed by atoms with Gasteiger partial charge in [-0.1, -0.05) is 0 Å². The van der Waals surface area contributed by atoms with Gasteiger partial charge in [0, 0.05) is 36.6 Å². The van der Waals surface area contributed by atoms with Gasteiger partial charge in [-0.25, -0.2) is 9.07 Å². The summed E-state index contributed by atoms with van der Waals surface area (Å²) in [7, 11) is 0. The molecule has 0 atom stereocenters. The van der Waals surface area contributed by atoms with E-state index in [-0.39, 0.29) is 17.3 Å². The van der Waals surface area contributed by atoms with Crippen LogP contribution in [0.15, 0.2) is 58.0 Å². The Kier molecular flexibility index (Phi) is 5.34. The van der Waals surface area contributed by atoms with Crippen LogP contribution in [0.4, 0.5) is 4.39 Å². The van der Waals surface area contributed by atoms with Crippen LogP contribution in [-0.2, 0) is 6.54 Å². The summed E-state index contributed by atoms with van der Waals surface area (Å²) in [6.07, 6.45) is 1.68. The number of benzene rings is 1. The zero-order valence-corrected chi connectivity index (χ0v) is 16.1. The van der Waals surface area contributed by atoms with E-state index in [1.165, 1.54) is 34.2 Å². The van der Waals surface area contributed by atoms with Crippen molar-refractivity contribution in [2.24, 2.45) is 5.92 Å². The lowest BCUT2D eigenvalue weighted by Crippen LogP contribution is -2.40. The molecule has 7 heteroatoms. The fourth-order valence-electron chi connectivity index (χ4n) is 3.49. The molecule has 2 aromatic heterocycles. The Morgan fingerprint density at radius 2 is 1.86 bits per heavy atom. The summed E-state index contributed by atoms with van der Waals surface area (Å²) in [6, 6.07) is 11.1. The van der Waals surface area contributed by atoms with Crippen molar-refractivity contribution < 1.29 is 9.18 Å². The number of piperidine rings is 1. The lowest BCUT2D eigenvalue weighted by molar-refractivity contribution is 0.0681. The van der Waals surface area contributed by atoms with Gasteiger partial charge in [-0.15, -0.1) is 0 Å². The highest BCUT2D eigenvalue weighted by atomic mass is 32.1. The van der Waals surface area contributed by atoms with Crippen LogP contribution in [0.1, 0.15) is 23.2 Å². The molecule has 1 aromatic carbocycles. The van der Waals surface area contributed by atoms with Crippen LogP contribution in [0.2, 0.25) is 0 Å². The fraction of sp³-hybridized carbons (Fsp3) is 0.286. The van der Waals surface area contributed by atoms with Crippen LogP contribution in [0.25, 0.3) is 11.3 Å². The molecule has 0 radical (unpaired) electrons. The van der Waals surface area contributed by atoms with E-state index < -0.39 is 0 Å². The molecule has 1 fully saturated rings. The highest BCUT2D eigenvalue weighted by Gasteiger charge is 2.24. The number of aromatic nitrogens is 2. The fourth-order valence-corrected chi connectivity index (χ4v) is 4.12. The molecule has 1 aliphatic rings. The van der Waals surface area contributed by atoms with E-state index in [0.717, 1.165) is 24.0 Å². The van der Waals surface area contributed by atoms with Crippen molar-refractivity contribution in [1.29, 1.82) is 0 Å². The van der Waals surface area contributed by atoms with Crippen molar-refractivity contribution in [3.8, 4) is 11.3 Å². The maximum atomic E-state index is 13.1. The summed E-state index contributed by atoms with van der Waals surface area (Å²) < 4.78 is 14.6. The molecule has 28 heavy (non-hydrogen) atoms. The monoisotopic (exact) mass is 397 g/mol. The van der Waals surface area contributed by atoms with Gasteiger partial charge >= 0.3 is 0 Å². The number of likely N-dealkylation sites (tertiary alicyclic amines) is 1. The Morgan fingerprint density at radius 1 is 1.11 bits per heavy atom. The zero-order chi connectivity index (χ0) is 19.5. The van der Waals surface area contributed by atoms with Gasteiger partial charge in [-0.05, 0) is 60.5 Å². The van der Waals surface area contributed by atoms with Crippen LogP contribution in [0.5, 0.6) is 0 Å². The van der Waals surface area contributed by atoms with Crippen LogP contribution in [0.3, 0.4) is 0 Å². The van der Waals surface area contributed by atoms with Crippen molar-refractivity contribution in [2.45, 2.75) is 19.4 Å². The van der Waals surface area contributed by atoms with Gasteiger partial charge in [0.25, 0.3) is 11.5 Å². The predicted octanol–water partition coefficient (Wildman–Crippen LogP) is 3.66. The van der Waals surface area contributed by atoms with Crippen molar-refractivity contribution in [3.63, 3.8) is 0 Å². The first-order chi connectivity index (χ1) is 13.6. The summed E-state index contributed by atoms with van der Waals surface area (Å²) in [6.45, 7) is 1.89. The van der Waals surface area contributed by atoms with Crippen LogP contribution >= 0.6 is 11.3 Å². The minimum Gasteiger partial charge on any atom is -0.339 e. The molecule has 0 saturated carbocycles. The zero-order valence-electron chi connectivity index (χ0n) is 15.3. The van der Waals surface area contributed by atoms with E-state index in [2.05, 4.69) is 5.10 Å². The summed E-state index contributed by atoms with van der Waals surface area (Å²) in [5.74, 6) is 0.0642. The molecule has 4 rings (SSSR count).